The van der Waals surface area contributed by atoms with E-state index in [2.05, 4.69) is 10.3 Å². The van der Waals surface area contributed by atoms with Gasteiger partial charge in [0.05, 0.1) is 0 Å². The molecular formula is C5H5ClN2OS. The molecule has 0 radical (unpaired) electrons. The molecule has 0 aromatic carbocycles. The Hall–Kier alpha value is -0.610. The minimum Gasteiger partial charge on any atom is -0.302 e. The predicted molar refractivity (Wildman–Crippen MR) is 41.4 cm³/mol. The number of rotatable bonds is 1. The average Bonchev–Trinajstić information content (AvgIpc) is 2.13. The average molecular weight is 177 g/mol. The molecule has 3 nitrogen and oxygen atoms in total. The van der Waals surface area contributed by atoms with Gasteiger partial charge in [0.1, 0.15) is 5.15 Å². The first kappa shape index (κ1) is 7.50. The van der Waals surface area contributed by atoms with Crippen LogP contribution >= 0.6 is 22.9 Å². The Bertz CT molecular complexity index is 248. The molecule has 0 saturated heterocycles. The maximum absolute atomic E-state index is 10.4. The van der Waals surface area contributed by atoms with Crippen LogP contribution in [0.4, 0.5) is 5.13 Å². The third kappa shape index (κ3) is 1.97. The highest BCUT2D eigenvalue weighted by molar-refractivity contribution is 7.14. The van der Waals surface area contributed by atoms with E-state index in [4.69, 9.17) is 11.6 Å². The smallest absolute Gasteiger partial charge is 0.223 e. The van der Waals surface area contributed by atoms with Gasteiger partial charge in [-0.3, -0.25) is 4.79 Å². The molecule has 0 aliphatic carbocycles. The van der Waals surface area contributed by atoms with Crippen LogP contribution < -0.4 is 5.32 Å². The summed E-state index contributed by atoms with van der Waals surface area (Å²) in [6.07, 6.45) is 0. The van der Waals surface area contributed by atoms with Gasteiger partial charge in [-0.15, -0.1) is 11.3 Å². The van der Waals surface area contributed by atoms with Crippen LogP contribution in [0.25, 0.3) is 0 Å². The zero-order chi connectivity index (χ0) is 7.56. The van der Waals surface area contributed by atoms with Crippen LogP contribution in [-0.4, -0.2) is 10.9 Å². The first-order valence-corrected chi connectivity index (χ1v) is 3.83. The minimum atomic E-state index is -0.133. The van der Waals surface area contributed by atoms with Crippen LogP contribution in [0.5, 0.6) is 0 Å². The molecule has 0 aliphatic rings. The largest absolute Gasteiger partial charge is 0.302 e. The number of hydrogen-bond acceptors (Lipinski definition) is 3. The summed E-state index contributed by atoms with van der Waals surface area (Å²) in [5, 5.41) is 5.12. The van der Waals surface area contributed by atoms with E-state index in [1.165, 1.54) is 18.3 Å². The number of halogens is 1. The fourth-order valence-corrected chi connectivity index (χ4v) is 1.35. The Morgan fingerprint density at radius 1 is 1.90 bits per heavy atom. The second kappa shape index (κ2) is 2.98. The zero-order valence-electron chi connectivity index (χ0n) is 5.22. The minimum absolute atomic E-state index is 0.133. The van der Waals surface area contributed by atoms with Gasteiger partial charge in [-0.25, -0.2) is 4.98 Å². The van der Waals surface area contributed by atoms with Crippen molar-refractivity contribution in [3.63, 3.8) is 0 Å². The number of hydrogen-bond donors (Lipinski definition) is 1. The van der Waals surface area contributed by atoms with Crippen LogP contribution in [-0.2, 0) is 4.79 Å². The maximum Gasteiger partial charge on any atom is 0.223 e. The van der Waals surface area contributed by atoms with Crippen LogP contribution in [0.3, 0.4) is 0 Å². The van der Waals surface area contributed by atoms with Crippen LogP contribution in [0.2, 0.25) is 5.15 Å². The molecule has 0 unspecified atom stereocenters. The molecule has 0 bridgehead atoms. The van der Waals surface area contributed by atoms with E-state index in [1.54, 1.807) is 5.38 Å². The monoisotopic (exact) mass is 176 g/mol. The molecule has 10 heavy (non-hydrogen) atoms. The second-order valence-electron chi connectivity index (χ2n) is 1.66. The van der Waals surface area contributed by atoms with Crippen LogP contribution in [0, 0.1) is 0 Å². The molecule has 1 aromatic heterocycles. The lowest BCUT2D eigenvalue weighted by Gasteiger charge is -1.91. The van der Waals surface area contributed by atoms with Crippen molar-refractivity contribution in [2.75, 3.05) is 5.32 Å². The highest BCUT2D eigenvalue weighted by Crippen LogP contribution is 2.18. The summed E-state index contributed by atoms with van der Waals surface area (Å²) in [4.78, 5) is 14.2. The lowest BCUT2D eigenvalue weighted by atomic mass is 10.7. The molecular weight excluding hydrogens is 172 g/mol. The van der Waals surface area contributed by atoms with Gasteiger partial charge in [0, 0.05) is 12.3 Å². The van der Waals surface area contributed by atoms with Crippen molar-refractivity contribution in [2.45, 2.75) is 6.92 Å². The van der Waals surface area contributed by atoms with Gasteiger partial charge >= 0.3 is 0 Å². The number of carbonyl (C=O) groups is 1. The number of aromatic nitrogens is 1. The summed E-state index contributed by atoms with van der Waals surface area (Å²) in [6.45, 7) is 1.43. The quantitative estimate of drug-likeness (QED) is 0.709. The Labute approximate surface area is 67.0 Å². The number of nitrogens with one attached hydrogen (secondary N) is 1. The lowest BCUT2D eigenvalue weighted by Crippen LogP contribution is -2.04. The van der Waals surface area contributed by atoms with Crippen molar-refractivity contribution in [2.24, 2.45) is 0 Å². The number of thiazole rings is 1. The van der Waals surface area contributed by atoms with Crippen molar-refractivity contribution >= 4 is 34.0 Å². The second-order valence-corrected chi connectivity index (χ2v) is 2.90. The van der Waals surface area contributed by atoms with Crippen LogP contribution in [0.1, 0.15) is 6.92 Å². The molecule has 1 N–H and O–H groups in total. The maximum atomic E-state index is 10.4. The Balaban J connectivity index is 2.67. The molecule has 1 rings (SSSR count). The van der Waals surface area contributed by atoms with E-state index in [9.17, 15) is 4.79 Å². The Kier molecular flexibility index (Phi) is 2.24. The number of nitrogens with zero attached hydrogens (tertiary/aromatic N) is 1. The normalized spacial score (nSPS) is 9.40. The summed E-state index contributed by atoms with van der Waals surface area (Å²) in [5.74, 6) is -0.133. The fourth-order valence-electron chi connectivity index (χ4n) is 0.462. The Morgan fingerprint density at radius 2 is 2.60 bits per heavy atom. The molecule has 0 aliphatic heterocycles. The van der Waals surface area contributed by atoms with Crippen molar-refractivity contribution in [3.8, 4) is 0 Å². The summed E-state index contributed by atoms with van der Waals surface area (Å²) in [7, 11) is 0. The summed E-state index contributed by atoms with van der Waals surface area (Å²) in [5.41, 5.74) is 0. The highest BCUT2D eigenvalue weighted by Gasteiger charge is 1.99. The summed E-state index contributed by atoms with van der Waals surface area (Å²) in [6, 6.07) is 0. The van der Waals surface area contributed by atoms with Crippen molar-refractivity contribution in [1.29, 1.82) is 0 Å². The molecule has 5 heteroatoms. The molecule has 54 valence electrons. The third-order valence-electron chi connectivity index (χ3n) is 0.759. The van der Waals surface area contributed by atoms with E-state index in [0.717, 1.165) is 0 Å². The molecule has 0 spiro atoms. The lowest BCUT2D eigenvalue weighted by molar-refractivity contribution is -0.114. The molecule has 1 aromatic rings. The van der Waals surface area contributed by atoms with Crippen molar-refractivity contribution < 1.29 is 4.79 Å². The van der Waals surface area contributed by atoms with E-state index in [0.29, 0.717) is 10.3 Å². The fraction of sp³-hybridized carbons (Fsp3) is 0.200. The van der Waals surface area contributed by atoms with E-state index < -0.39 is 0 Å². The van der Waals surface area contributed by atoms with Crippen LogP contribution in [0.15, 0.2) is 5.38 Å². The van der Waals surface area contributed by atoms with Gasteiger partial charge in [0.15, 0.2) is 5.13 Å². The SMILES string of the molecule is CC(=O)Nc1nc(Cl)cs1. The van der Waals surface area contributed by atoms with Crippen molar-refractivity contribution in [3.05, 3.63) is 10.5 Å². The van der Waals surface area contributed by atoms with E-state index >= 15 is 0 Å². The first-order valence-electron chi connectivity index (χ1n) is 2.57. The van der Waals surface area contributed by atoms with Gasteiger partial charge in [0.25, 0.3) is 0 Å². The number of carbonyl (C=O) groups excluding carboxylic acids is 1. The van der Waals surface area contributed by atoms with E-state index in [1.807, 2.05) is 0 Å². The molecule has 1 amide bonds. The summed E-state index contributed by atoms with van der Waals surface area (Å²) < 4.78 is 0. The third-order valence-corrected chi connectivity index (χ3v) is 1.84. The summed E-state index contributed by atoms with van der Waals surface area (Å²) >= 11 is 6.79. The van der Waals surface area contributed by atoms with Gasteiger partial charge < -0.3 is 5.32 Å². The Morgan fingerprint density at radius 3 is 3.00 bits per heavy atom. The highest BCUT2D eigenvalue weighted by atomic mass is 35.5. The molecule has 0 saturated carbocycles. The predicted octanol–water partition coefficient (Wildman–Crippen LogP) is 1.75. The zero-order valence-corrected chi connectivity index (χ0v) is 6.79. The van der Waals surface area contributed by atoms with E-state index in [-0.39, 0.29) is 5.91 Å². The van der Waals surface area contributed by atoms with Crippen molar-refractivity contribution in [1.82, 2.24) is 4.98 Å². The van der Waals surface area contributed by atoms with Gasteiger partial charge in [-0.05, 0) is 0 Å². The first-order chi connectivity index (χ1) is 4.68. The molecule has 0 fully saturated rings. The number of anilines is 1. The molecule has 1 heterocycles. The van der Waals surface area contributed by atoms with Gasteiger partial charge in [-0.1, -0.05) is 11.6 Å². The van der Waals surface area contributed by atoms with Gasteiger partial charge in [-0.2, -0.15) is 0 Å². The molecule has 0 atom stereocenters. The standard InChI is InChI=1S/C5H5ClN2OS/c1-3(9)7-5-8-4(6)2-10-5/h2H,1H3,(H,7,8,9). The number of amides is 1. The topological polar surface area (TPSA) is 42.0 Å². The van der Waals surface area contributed by atoms with Gasteiger partial charge in [0.2, 0.25) is 5.91 Å².